The number of benzene rings is 2. The Hall–Kier alpha value is -2.40. The van der Waals surface area contributed by atoms with Crippen LogP contribution in [0.2, 0.25) is 0 Å². The first-order valence-corrected chi connectivity index (χ1v) is 6.64. The number of nitrogens with zero attached hydrogens (tertiary/aromatic N) is 1. The first-order chi connectivity index (χ1) is 9.69. The van der Waals surface area contributed by atoms with Crippen molar-refractivity contribution in [3.05, 3.63) is 76.1 Å². The molecule has 0 saturated heterocycles. The zero-order chi connectivity index (χ0) is 14.1. The second-order valence-electron chi connectivity index (χ2n) is 5.19. The van der Waals surface area contributed by atoms with Crippen molar-refractivity contribution < 1.29 is 4.39 Å². The van der Waals surface area contributed by atoms with Gasteiger partial charge in [0.1, 0.15) is 5.82 Å². The number of hydrogen-bond acceptors (Lipinski definition) is 1. The van der Waals surface area contributed by atoms with Gasteiger partial charge in [0.25, 0.3) is 0 Å². The molecule has 2 heteroatoms. The molecule has 0 fully saturated rings. The third-order valence-electron chi connectivity index (χ3n) is 3.86. The predicted octanol–water partition coefficient (Wildman–Crippen LogP) is 4.27. The summed E-state index contributed by atoms with van der Waals surface area (Å²) in [5.41, 5.74) is 6.07. The van der Waals surface area contributed by atoms with Gasteiger partial charge in [0.15, 0.2) is 0 Å². The van der Waals surface area contributed by atoms with Crippen LogP contribution in [0.15, 0.2) is 48.0 Å². The fourth-order valence-electron chi connectivity index (χ4n) is 2.79. The van der Waals surface area contributed by atoms with Crippen molar-refractivity contribution in [2.24, 2.45) is 0 Å². The lowest BCUT2D eigenvalue weighted by Crippen LogP contribution is -1.95. The molecule has 98 valence electrons. The first kappa shape index (κ1) is 12.6. The molecule has 3 rings (SSSR count). The van der Waals surface area contributed by atoms with E-state index in [0.29, 0.717) is 17.5 Å². The number of nitriles is 1. The molecule has 2 aromatic rings. The zero-order valence-corrected chi connectivity index (χ0v) is 11.3. The van der Waals surface area contributed by atoms with Crippen molar-refractivity contribution in [3.63, 3.8) is 0 Å². The Balaban J connectivity index is 1.96. The van der Waals surface area contributed by atoms with Crippen LogP contribution in [0.25, 0.3) is 5.57 Å². The molecular formula is C18H14FN. The van der Waals surface area contributed by atoms with Gasteiger partial charge in [-0.05, 0) is 47.7 Å². The Bertz CT molecular complexity index is 750. The standard InChI is InChI=1S/C18H14FN/c1-12-8-14-4-2-3-5-16(14)17(12)10-15-7-6-13(11-20)9-18(15)19/h2-7,9H,8,10H2,1H3. The fraction of sp³-hybridized carbons (Fsp3) is 0.167. The van der Waals surface area contributed by atoms with E-state index in [-0.39, 0.29) is 5.82 Å². The van der Waals surface area contributed by atoms with Gasteiger partial charge in [-0.25, -0.2) is 4.39 Å². The van der Waals surface area contributed by atoms with Gasteiger partial charge in [-0.2, -0.15) is 5.26 Å². The normalized spacial score (nSPS) is 13.2. The lowest BCUT2D eigenvalue weighted by Gasteiger charge is -2.08. The Morgan fingerprint density at radius 2 is 2.00 bits per heavy atom. The van der Waals surface area contributed by atoms with Crippen molar-refractivity contribution >= 4 is 5.57 Å². The fourth-order valence-corrected chi connectivity index (χ4v) is 2.79. The topological polar surface area (TPSA) is 23.8 Å². The highest BCUT2D eigenvalue weighted by Crippen LogP contribution is 2.35. The van der Waals surface area contributed by atoms with Gasteiger partial charge in [0, 0.05) is 6.42 Å². The van der Waals surface area contributed by atoms with Crippen LogP contribution in [0, 0.1) is 17.1 Å². The van der Waals surface area contributed by atoms with E-state index in [2.05, 4.69) is 19.1 Å². The summed E-state index contributed by atoms with van der Waals surface area (Å²) in [6, 6.07) is 15.0. The van der Waals surface area contributed by atoms with Crippen LogP contribution in [0.5, 0.6) is 0 Å². The molecule has 0 heterocycles. The molecule has 0 amide bonds. The SMILES string of the molecule is CC1=C(Cc2ccc(C#N)cc2F)c2ccccc2C1. The quantitative estimate of drug-likeness (QED) is 0.793. The molecule has 1 nitrogen and oxygen atoms in total. The summed E-state index contributed by atoms with van der Waals surface area (Å²) in [4.78, 5) is 0. The molecule has 0 radical (unpaired) electrons. The second-order valence-corrected chi connectivity index (χ2v) is 5.19. The third-order valence-corrected chi connectivity index (χ3v) is 3.86. The highest BCUT2D eigenvalue weighted by Gasteiger charge is 2.19. The molecule has 0 aromatic heterocycles. The molecule has 0 N–H and O–H groups in total. The van der Waals surface area contributed by atoms with Crippen molar-refractivity contribution in [3.8, 4) is 6.07 Å². The maximum absolute atomic E-state index is 14.0. The number of hydrogen-bond donors (Lipinski definition) is 0. The van der Waals surface area contributed by atoms with E-state index in [1.54, 1.807) is 12.1 Å². The van der Waals surface area contributed by atoms with Gasteiger partial charge < -0.3 is 0 Å². The minimum atomic E-state index is -0.297. The van der Waals surface area contributed by atoms with Crippen LogP contribution >= 0.6 is 0 Å². The highest BCUT2D eigenvalue weighted by atomic mass is 19.1. The van der Waals surface area contributed by atoms with Crippen LogP contribution in [-0.2, 0) is 12.8 Å². The average Bonchev–Trinajstić information content (AvgIpc) is 2.77. The summed E-state index contributed by atoms with van der Waals surface area (Å²) in [6.45, 7) is 2.11. The molecule has 20 heavy (non-hydrogen) atoms. The second kappa shape index (κ2) is 4.94. The molecule has 0 saturated carbocycles. The van der Waals surface area contributed by atoms with Gasteiger partial charge in [0.2, 0.25) is 0 Å². The zero-order valence-electron chi connectivity index (χ0n) is 11.3. The molecule has 1 aliphatic carbocycles. The molecule has 1 aliphatic rings. The van der Waals surface area contributed by atoms with Crippen molar-refractivity contribution in [1.29, 1.82) is 5.26 Å². The predicted molar refractivity (Wildman–Crippen MR) is 77.6 cm³/mol. The summed E-state index contributed by atoms with van der Waals surface area (Å²) in [5, 5.41) is 8.78. The van der Waals surface area contributed by atoms with Crippen molar-refractivity contribution in [2.45, 2.75) is 19.8 Å². The van der Waals surface area contributed by atoms with E-state index < -0.39 is 0 Å². The van der Waals surface area contributed by atoms with Gasteiger partial charge in [-0.3, -0.25) is 0 Å². The van der Waals surface area contributed by atoms with E-state index in [9.17, 15) is 4.39 Å². The molecule has 0 spiro atoms. The maximum Gasteiger partial charge on any atom is 0.128 e. The maximum atomic E-state index is 14.0. The first-order valence-electron chi connectivity index (χ1n) is 6.64. The number of allylic oxidation sites excluding steroid dienone is 2. The largest absolute Gasteiger partial charge is 0.207 e. The van der Waals surface area contributed by atoms with Gasteiger partial charge in [0.05, 0.1) is 11.6 Å². The Labute approximate surface area is 118 Å². The smallest absolute Gasteiger partial charge is 0.128 e. The highest BCUT2D eigenvalue weighted by molar-refractivity contribution is 5.77. The summed E-state index contributed by atoms with van der Waals surface area (Å²) in [6.07, 6.45) is 1.53. The van der Waals surface area contributed by atoms with E-state index >= 15 is 0 Å². The lowest BCUT2D eigenvalue weighted by atomic mass is 9.97. The van der Waals surface area contributed by atoms with Crippen LogP contribution in [0.4, 0.5) is 4.39 Å². The third kappa shape index (κ3) is 2.12. The molecule has 0 bridgehead atoms. The average molecular weight is 263 g/mol. The summed E-state index contributed by atoms with van der Waals surface area (Å²) < 4.78 is 14.0. The van der Waals surface area contributed by atoms with Crippen LogP contribution < -0.4 is 0 Å². The van der Waals surface area contributed by atoms with Crippen LogP contribution in [0.1, 0.15) is 29.2 Å². The Morgan fingerprint density at radius 1 is 1.20 bits per heavy atom. The van der Waals surface area contributed by atoms with Crippen LogP contribution in [-0.4, -0.2) is 0 Å². The molecule has 0 aliphatic heterocycles. The Morgan fingerprint density at radius 3 is 2.75 bits per heavy atom. The van der Waals surface area contributed by atoms with Gasteiger partial charge in [-0.15, -0.1) is 0 Å². The van der Waals surface area contributed by atoms with E-state index in [1.807, 2.05) is 18.2 Å². The summed E-state index contributed by atoms with van der Waals surface area (Å²) in [5.74, 6) is -0.297. The monoisotopic (exact) mass is 263 g/mol. The summed E-state index contributed by atoms with van der Waals surface area (Å²) >= 11 is 0. The van der Waals surface area contributed by atoms with E-state index in [0.717, 1.165) is 6.42 Å². The number of fused-ring (bicyclic) bond motifs is 1. The minimum Gasteiger partial charge on any atom is -0.207 e. The lowest BCUT2D eigenvalue weighted by molar-refractivity contribution is 0.615. The Kier molecular flexibility index (Phi) is 3.12. The van der Waals surface area contributed by atoms with E-state index in [4.69, 9.17) is 5.26 Å². The molecule has 0 atom stereocenters. The number of halogens is 1. The van der Waals surface area contributed by atoms with E-state index in [1.165, 1.54) is 28.3 Å². The molecule has 0 unspecified atom stereocenters. The van der Waals surface area contributed by atoms with Gasteiger partial charge >= 0.3 is 0 Å². The minimum absolute atomic E-state index is 0.297. The van der Waals surface area contributed by atoms with Crippen molar-refractivity contribution in [1.82, 2.24) is 0 Å². The van der Waals surface area contributed by atoms with Crippen LogP contribution in [0.3, 0.4) is 0 Å². The summed E-state index contributed by atoms with van der Waals surface area (Å²) in [7, 11) is 0. The van der Waals surface area contributed by atoms with Gasteiger partial charge in [-0.1, -0.05) is 35.9 Å². The number of rotatable bonds is 2. The molecule has 2 aromatic carbocycles. The van der Waals surface area contributed by atoms with Crippen molar-refractivity contribution in [2.75, 3.05) is 0 Å². The molecular weight excluding hydrogens is 249 g/mol.